The number of hydrogen-bond acceptors (Lipinski definition) is 6. The van der Waals surface area contributed by atoms with E-state index < -0.39 is 0 Å². The molecule has 160 valence electrons. The van der Waals surface area contributed by atoms with Crippen LogP contribution in [-0.4, -0.2) is 53.4 Å². The first kappa shape index (κ1) is 20.7. The number of piperazine rings is 1. The molecule has 0 atom stereocenters. The zero-order valence-corrected chi connectivity index (χ0v) is 17.5. The molecule has 0 bridgehead atoms. The van der Waals surface area contributed by atoms with Crippen molar-refractivity contribution in [3.8, 4) is 0 Å². The molecule has 31 heavy (non-hydrogen) atoms. The fourth-order valence-electron chi connectivity index (χ4n) is 4.06. The Balaban J connectivity index is 1.42. The number of pyridine rings is 1. The Morgan fingerprint density at radius 3 is 2.61 bits per heavy atom. The Labute approximate surface area is 180 Å². The van der Waals surface area contributed by atoms with Crippen molar-refractivity contribution in [1.29, 1.82) is 0 Å². The summed E-state index contributed by atoms with van der Waals surface area (Å²) in [5.74, 6) is -0.0443. The van der Waals surface area contributed by atoms with Gasteiger partial charge in [-0.25, -0.2) is 0 Å². The standard InChI is InChI=1S/C23H25N5O3/c1-2-17-6-3-4-8-19(17)25-22(29)16-26-12-14-27(15-13-26)21-10-9-20-18(7-5-11-24-20)23(21)28(30)31/h3-11H,2,12-16H2,1H3,(H,25,29). The molecule has 3 aromatic rings. The number of nitro benzene ring substituents is 1. The van der Waals surface area contributed by atoms with Gasteiger partial charge in [0.2, 0.25) is 5.91 Å². The minimum atomic E-state index is -0.329. The minimum Gasteiger partial charge on any atom is -0.363 e. The molecular formula is C23H25N5O3. The normalized spacial score (nSPS) is 14.5. The molecule has 1 aliphatic heterocycles. The molecule has 8 heteroatoms. The van der Waals surface area contributed by atoms with Crippen molar-refractivity contribution in [3.05, 3.63) is 70.4 Å². The van der Waals surface area contributed by atoms with E-state index in [4.69, 9.17) is 0 Å². The summed E-state index contributed by atoms with van der Waals surface area (Å²) < 4.78 is 0. The molecule has 1 amide bonds. The van der Waals surface area contributed by atoms with E-state index in [9.17, 15) is 14.9 Å². The molecule has 2 aromatic carbocycles. The molecule has 4 rings (SSSR count). The van der Waals surface area contributed by atoms with Gasteiger partial charge in [0.05, 0.1) is 22.4 Å². The Morgan fingerprint density at radius 1 is 1.10 bits per heavy atom. The van der Waals surface area contributed by atoms with Crippen LogP contribution in [0.25, 0.3) is 10.9 Å². The molecule has 0 spiro atoms. The molecule has 0 radical (unpaired) electrons. The van der Waals surface area contributed by atoms with Gasteiger partial charge in [-0.2, -0.15) is 0 Å². The van der Waals surface area contributed by atoms with Crippen molar-refractivity contribution in [2.24, 2.45) is 0 Å². The topological polar surface area (TPSA) is 91.6 Å². The SMILES string of the molecule is CCc1ccccc1NC(=O)CN1CCN(c2ccc3ncccc3c2[N+](=O)[O-])CC1. The number of nitro groups is 1. The second-order valence-electron chi connectivity index (χ2n) is 7.58. The summed E-state index contributed by atoms with van der Waals surface area (Å²) in [7, 11) is 0. The maximum absolute atomic E-state index is 12.5. The van der Waals surface area contributed by atoms with E-state index in [-0.39, 0.29) is 16.5 Å². The van der Waals surface area contributed by atoms with Gasteiger partial charge in [0.25, 0.3) is 0 Å². The molecule has 8 nitrogen and oxygen atoms in total. The number of fused-ring (bicyclic) bond motifs is 1. The second kappa shape index (κ2) is 9.09. The zero-order valence-electron chi connectivity index (χ0n) is 17.5. The van der Waals surface area contributed by atoms with E-state index in [1.54, 1.807) is 24.4 Å². The van der Waals surface area contributed by atoms with Crippen LogP contribution in [0.2, 0.25) is 0 Å². The van der Waals surface area contributed by atoms with Crippen LogP contribution in [0.1, 0.15) is 12.5 Å². The number of para-hydroxylation sites is 1. The van der Waals surface area contributed by atoms with Gasteiger partial charge in [0.15, 0.2) is 0 Å². The van der Waals surface area contributed by atoms with Crippen LogP contribution >= 0.6 is 0 Å². The van der Waals surface area contributed by atoms with Gasteiger partial charge in [-0.1, -0.05) is 25.1 Å². The van der Waals surface area contributed by atoms with Crippen LogP contribution in [0.3, 0.4) is 0 Å². The van der Waals surface area contributed by atoms with Gasteiger partial charge < -0.3 is 10.2 Å². The summed E-state index contributed by atoms with van der Waals surface area (Å²) in [5.41, 5.74) is 3.27. The quantitative estimate of drug-likeness (QED) is 0.486. The maximum atomic E-state index is 12.5. The fourth-order valence-corrected chi connectivity index (χ4v) is 4.06. The van der Waals surface area contributed by atoms with Crippen molar-refractivity contribution in [1.82, 2.24) is 9.88 Å². The lowest BCUT2D eigenvalue weighted by Crippen LogP contribution is -2.48. The average molecular weight is 419 g/mol. The third kappa shape index (κ3) is 4.49. The number of hydrogen-bond donors (Lipinski definition) is 1. The molecule has 1 N–H and O–H groups in total. The van der Waals surface area contributed by atoms with Crippen LogP contribution in [0.5, 0.6) is 0 Å². The van der Waals surface area contributed by atoms with Gasteiger partial charge in [0.1, 0.15) is 5.69 Å². The third-order valence-electron chi connectivity index (χ3n) is 5.67. The number of nitrogens with one attached hydrogen (secondary N) is 1. The van der Waals surface area contributed by atoms with E-state index in [2.05, 4.69) is 22.1 Å². The van der Waals surface area contributed by atoms with Crippen LogP contribution in [-0.2, 0) is 11.2 Å². The summed E-state index contributed by atoms with van der Waals surface area (Å²) >= 11 is 0. The molecule has 0 saturated carbocycles. The predicted molar refractivity (Wildman–Crippen MR) is 122 cm³/mol. The number of aryl methyl sites for hydroxylation is 1. The first-order valence-electron chi connectivity index (χ1n) is 10.4. The lowest BCUT2D eigenvalue weighted by Gasteiger charge is -2.35. The van der Waals surface area contributed by atoms with Gasteiger partial charge in [-0.15, -0.1) is 0 Å². The van der Waals surface area contributed by atoms with Crippen LogP contribution in [0.15, 0.2) is 54.7 Å². The number of benzene rings is 2. The van der Waals surface area contributed by atoms with E-state index in [0.29, 0.717) is 49.3 Å². The Bertz CT molecular complexity index is 1110. The molecule has 0 aliphatic carbocycles. The van der Waals surface area contributed by atoms with Crippen molar-refractivity contribution in [3.63, 3.8) is 0 Å². The van der Waals surface area contributed by atoms with Gasteiger partial charge in [-0.05, 0) is 42.3 Å². The molecule has 1 aromatic heterocycles. The zero-order chi connectivity index (χ0) is 21.8. The van der Waals surface area contributed by atoms with E-state index in [0.717, 1.165) is 17.7 Å². The van der Waals surface area contributed by atoms with Crippen LogP contribution in [0.4, 0.5) is 17.1 Å². The lowest BCUT2D eigenvalue weighted by molar-refractivity contribution is -0.382. The minimum absolute atomic E-state index is 0.0443. The van der Waals surface area contributed by atoms with Crippen LogP contribution < -0.4 is 10.2 Å². The molecule has 2 heterocycles. The molecular weight excluding hydrogens is 394 g/mol. The summed E-state index contributed by atoms with van der Waals surface area (Å²) in [5, 5.41) is 15.4. The maximum Gasteiger partial charge on any atom is 0.301 e. The van der Waals surface area contributed by atoms with Crippen molar-refractivity contribution in [2.45, 2.75) is 13.3 Å². The monoisotopic (exact) mass is 419 g/mol. The summed E-state index contributed by atoms with van der Waals surface area (Å²) in [6.45, 7) is 4.91. The average Bonchev–Trinajstić information content (AvgIpc) is 2.79. The molecule has 1 fully saturated rings. The number of anilines is 2. The number of rotatable bonds is 6. The largest absolute Gasteiger partial charge is 0.363 e. The van der Waals surface area contributed by atoms with Crippen molar-refractivity contribution >= 4 is 33.9 Å². The number of aromatic nitrogens is 1. The molecule has 1 aliphatic rings. The van der Waals surface area contributed by atoms with Gasteiger partial charge >= 0.3 is 5.69 Å². The Kier molecular flexibility index (Phi) is 6.08. The highest BCUT2D eigenvalue weighted by Gasteiger charge is 2.26. The van der Waals surface area contributed by atoms with Crippen molar-refractivity contribution in [2.75, 3.05) is 42.9 Å². The first-order chi connectivity index (χ1) is 15.1. The predicted octanol–water partition coefficient (Wildman–Crippen LogP) is 3.47. The first-order valence-corrected chi connectivity index (χ1v) is 10.4. The highest BCUT2D eigenvalue weighted by atomic mass is 16.6. The lowest BCUT2D eigenvalue weighted by atomic mass is 10.1. The Morgan fingerprint density at radius 2 is 1.87 bits per heavy atom. The number of amides is 1. The number of carbonyl (C=O) groups excluding carboxylic acids is 1. The number of carbonyl (C=O) groups is 1. The summed E-state index contributed by atoms with van der Waals surface area (Å²) in [6, 6.07) is 14.9. The smallest absolute Gasteiger partial charge is 0.301 e. The molecule has 1 saturated heterocycles. The van der Waals surface area contributed by atoms with E-state index >= 15 is 0 Å². The highest BCUT2D eigenvalue weighted by molar-refractivity contribution is 5.95. The van der Waals surface area contributed by atoms with E-state index in [1.165, 1.54) is 0 Å². The fraction of sp³-hybridized carbons (Fsp3) is 0.304. The summed E-state index contributed by atoms with van der Waals surface area (Å²) in [6.07, 6.45) is 2.49. The number of nitrogens with zero attached hydrogens (tertiary/aromatic N) is 4. The molecule has 0 unspecified atom stereocenters. The highest BCUT2D eigenvalue weighted by Crippen LogP contribution is 2.35. The second-order valence-corrected chi connectivity index (χ2v) is 7.58. The van der Waals surface area contributed by atoms with Gasteiger partial charge in [-0.3, -0.25) is 24.8 Å². The Hall–Kier alpha value is -3.52. The van der Waals surface area contributed by atoms with E-state index in [1.807, 2.05) is 35.2 Å². The van der Waals surface area contributed by atoms with Crippen LogP contribution in [0, 0.1) is 10.1 Å². The van der Waals surface area contributed by atoms with Crippen molar-refractivity contribution < 1.29 is 9.72 Å². The summed E-state index contributed by atoms with van der Waals surface area (Å²) in [4.78, 5) is 32.3. The van der Waals surface area contributed by atoms with Gasteiger partial charge in [0, 0.05) is 38.1 Å². The third-order valence-corrected chi connectivity index (χ3v) is 5.67.